The first-order valence-electron chi connectivity index (χ1n) is 11.9. The van der Waals surface area contributed by atoms with Crippen LogP contribution in [-0.2, 0) is 4.74 Å². The molecule has 2 aromatic carbocycles. The minimum atomic E-state index is 0.0293. The minimum Gasteiger partial charge on any atom is -0.378 e. The van der Waals surface area contributed by atoms with Crippen molar-refractivity contribution in [3.8, 4) is 17.1 Å². The lowest BCUT2D eigenvalue weighted by atomic mass is 9.89. The Labute approximate surface area is 197 Å². The van der Waals surface area contributed by atoms with Gasteiger partial charge in [-0.25, -0.2) is 4.68 Å². The van der Waals surface area contributed by atoms with Crippen LogP contribution in [-0.4, -0.2) is 75.4 Å². The number of hydrogen-bond donors (Lipinski definition) is 2. The fourth-order valence-corrected chi connectivity index (χ4v) is 4.84. The van der Waals surface area contributed by atoms with Gasteiger partial charge in [0.2, 0.25) is 0 Å². The summed E-state index contributed by atoms with van der Waals surface area (Å²) in [6.45, 7) is 4.56. The molecule has 0 spiro atoms. The number of nitrogens with zero attached hydrogens (tertiary/aromatic N) is 5. The molecular weight excluding hydrogens is 430 g/mol. The molecular formula is C25H27N7O2. The number of ether oxygens (including phenoxy) is 1. The Bertz CT molecular complexity index is 1300. The maximum absolute atomic E-state index is 12.7. The molecule has 0 saturated carbocycles. The van der Waals surface area contributed by atoms with Crippen LogP contribution in [0.3, 0.4) is 0 Å². The topological polar surface area (TPSA) is 101 Å². The molecule has 174 valence electrons. The van der Waals surface area contributed by atoms with Crippen molar-refractivity contribution in [2.45, 2.75) is 18.8 Å². The lowest BCUT2D eigenvalue weighted by Gasteiger charge is -2.26. The van der Waals surface area contributed by atoms with E-state index in [9.17, 15) is 4.79 Å². The molecule has 4 aromatic rings. The summed E-state index contributed by atoms with van der Waals surface area (Å²) in [6.07, 6.45) is 4.18. The number of H-pyrrole nitrogens is 1. The van der Waals surface area contributed by atoms with Gasteiger partial charge in [-0.1, -0.05) is 11.3 Å². The first-order valence-corrected chi connectivity index (χ1v) is 11.9. The molecule has 2 aromatic heterocycles. The number of amides is 1. The SMILES string of the molecule is O=C(c1ccc(-n2cc(-c3n[nH]c4ccc(C5CCNCC5)cc34)nn2)cc1)N1CCOCC1. The lowest BCUT2D eigenvalue weighted by molar-refractivity contribution is 0.0303. The van der Waals surface area contributed by atoms with E-state index in [1.54, 1.807) is 4.68 Å². The number of nitrogens with one attached hydrogen (secondary N) is 2. The highest BCUT2D eigenvalue weighted by Gasteiger charge is 2.20. The largest absolute Gasteiger partial charge is 0.378 e. The second-order valence-corrected chi connectivity index (χ2v) is 8.90. The van der Waals surface area contributed by atoms with Gasteiger partial charge < -0.3 is 15.0 Å². The van der Waals surface area contributed by atoms with Crippen LogP contribution < -0.4 is 5.32 Å². The monoisotopic (exact) mass is 457 g/mol. The molecule has 9 heteroatoms. The van der Waals surface area contributed by atoms with Crippen molar-refractivity contribution < 1.29 is 9.53 Å². The summed E-state index contributed by atoms with van der Waals surface area (Å²) in [5.74, 6) is 0.601. The summed E-state index contributed by atoms with van der Waals surface area (Å²) < 4.78 is 7.06. The van der Waals surface area contributed by atoms with Gasteiger partial charge in [0.1, 0.15) is 11.4 Å². The number of aromatic amines is 1. The third kappa shape index (κ3) is 3.97. The molecule has 0 bridgehead atoms. The number of morpholine rings is 1. The zero-order valence-corrected chi connectivity index (χ0v) is 18.9. The van der Waals surface area contributed by atoms with Crippen LogP contribution in [0.25, 0.3) is 28.0 Å². The van der Waals surface area contributed by atoms with Gasteiger partial charge in [0, 0.05) is 24.0 Å². The van der Waals surface area contributed by atoms with E-state index in [2.05, 4.69) is 44.0 Å². The fourth-order valence-electron chi connectivity index (χ4n) is 4.84. The van der Waals surface area contributed by atoms with Gasteiger partial charge >= 0.3 is 0 Å². The molecule has 1 amide bonds. The van der Waals surface area contributed by atoms with E-state index in [4.69, 9.17) is 4.74 Å². The molecule has 34 heavy (non-hydrogen) atoms. The summed E-state index contributed by atoms with van der Waals surface area (Å²) >= 11 is 0. The molecule has 2 N–H and O–H groups in total. The Hall–Kier alpha value is -3.56. The maximum atomic E-state index is 12.7. The summed E-state index contributed by atoms with van der Waals surface area (Å²) in [4.78, 5) is 14.5. The number of hydrogen-bond acceptors (Lipinski definition) is 6. The van der Waals surface area contributed by atoms with Gasteiger partial charge in [-0.05, 0) is 73.8 Å². The molecule has 2 aliphatic heterocycles. The standard InChI is InChI=1S/C25H27N7O2/c33-25(31-11-13-34-14-12-31)18-1-4-20(5-2-18)32-16-23(28-30-32)24-21-15-19(3-6-22(21)27-29-24)17-7-9-26-10-8-17/h1-6,15-17,26H,7-14H2,(H,27,29). The number of benzene rings is 2. The van der Waals surface area contributed by atoms with Crippen molar-refractivity contribution in [2.24, 2.45) is 0 Å². The van der Waals surface area contributed by atoms with Gasteiger partial charge in [0.15, 0.2) is 0 Å². The molecule has 0 radical (unpaired) electrons. The summed E-state index contributed by atoms with van der Waals surface area (Å²) in [5, 5.41) is 20.9. The van der Waals surface area contributed by atoms with Gasteiger partial charge in [0.25, 0.3) is 5.91 Å². The number of fused-ring (bicyclic) bond motifs is 1. The van der Waals surface area contributed by atoms with Crippen LogP contribution in [0.2, 0.25) is 0 Å². The molecule has 6 rings (SSSR count). The molecule has 0 aliphatic carbocycles. The number of rotatable bonds is 4. The number of carbonyl (C=O) groups is 1. The smallest absolute Gasteiger partial charge is 0.254 e. The molecule has 4 heterocycles. The Balaban J connectivity index is 1.24. The Morgan fingerprint density at radius 1 is 1.03 bits per heavy atom. The zero-order valence-electron chi connectivity index (χ0n) is 18.9. The number of aromatic nitrogens is 5. The first kappa shape index (κ1) is 21.0. The maximum Gasteiger partial charge on any atom is 0.254 e. The normalized spacial score (nSPS) is 17.4. The van der Waals surface area contributed by atoms with Gasteiger partial charge in [0.05, 0.1) is 30.6 Å². The van der Waals surface area contributed by atoms with Crippen LogP contribution in [0.15, 0.2) is 48.7 Å². The fraction of sp³-hybridized carbons (Fsp3) is 0.360. The highest BCUT2D eigenvalue weighted by molar-refractivity contribution is 5.94. The summed E-state index contributed by atoms with van der Waals surface area (Å²) in [5.41, 5.74) is 5.36. The van der Waals surface area contributed by atoms with Crippen molar-refractivity contribution in [2.75, 3.05) is 39.4 Å². The number of piperidine rings is 1. The van der Waals surface area contributed by atoms with E-state index in [1.807, 2.05) is 35.4 Å². The van der Waals surface area contributed by atoms with Crippen molar-refractivity contribution >= 4 is 16.8 Å². The van der Waals surface area contributed by atoms with E-state index in [0.717, 1.165) is 48.2 Å². The average molecular weight is 458 g/mol. The number of carbonyl (C=O) groups excluding carboxylic acids is 1. The van der Waals surface area contributed by atoms with Crippen molar-refractivity contribution in [3.63, 3.8) is 0 Å². The van der Waals surface area contributed by atoms with Gasteiger partial charge in [-0.2, -0.15) is 5.10 Å². The zero-order chi connectivity index (χ0) is 22.9. The minimum absolute atomic E-state index is 0.0293. The van der Waals surface area contributed by atoms with E-state index in [1.165, 1.54) is 5.56 Å². The summed E-state index contributed by atoms with van der Waals surface area (Å²) in [6, 6.07) is 14.0. The quantitative estimate of drug-likeness (QED) is 0.489. The van der Waals surface area contributed by atoms with Crippen molar-refractivity contribution in [1.82, 2.24) is 35.4 Å². The Kier molecular flexibility index (Phi) is 5.56. The van der Waals surface area contributed by atoms with Crippen LogP contribution in [0.5, 0.6) is 0 Å². The molecule has 0 atom stereocenters. The predicted octanol–water partition coefficient (Wildman–Crippen LogP) is 2.75. The highest BCUT2D eigenvalue weighted by atomic mass is 16.5. The lowest BCUT2D eigenvalue weighted by Crippen LogP contribution is -2.40. The van der Waals surface area contributed by atoms with Gasteiger partial charge in [-0.15, -0.1) is 5.10 Å². The van der Waals surface area contributed by atoms with Crippen LogP contribution >= 0.6 is 0 Å². The second kappa shape index (κ2) is 9.00. The summed E-state index contributed by atoms with van der Waals surface area (Å²) in [7, 11) is 0. The van der Waals surface area contributed by atoms with Crippen LogP contribution in [0, 0.1) is 0 Å². The van der Waals surface area contributed by atoms with Crippen LogP contribution in [0.1, 0.15) is 34.7 Å². The predicted molar refractivity (Wildman–Crippen MR) is 128 cm³/mol. The molecule has 9 nitrogen and oxygen atoms in total. The third-order valence-electron chi connectivity index (χ3n) is 6.81. The highest BCUT2D eigenvalue weighted by Crippen LogP contribution is 2.31. The van der Waals surface area contributed by atoms with E-state index < -0.39 is 0 Å². The first-order chi connectivity index (χ1) is 16.8. The molecule has 2 saturated heterocycles. The Morgan fingerprint density at radius 2 is 1.82 bits per heavy atom. The molecule has 0 unspecified atom stereocenters. The Morgan fingerprint density at radius 3 is 2.62 bits per heavy atom. The van der Waals surface area contributed by atoms with E-state index in [-0.39, 0.29) is 5.91 Å². The van der Waals surface area contributed by atoms with Crippen LogP contribution in [0.4, 0.5) is 0 Å². The van der Waals surface area contributed by atoms with E-state index >= 15 is 0 Å². The van der Waals surface area contributed by atoms with E-state index in [0.29, 0.717) is 43.5 Å². The molecule has 2 aliphatic rings. The van der Waals surface area contributed by atoms with Gasteiger partial charge in [-0.3, -0.25) is 9.89 Å². The van der Waals surface area contributed by atoms with Crippen molar-refractivity contribution in [3.05, 3.63) is 59.8 Å². The average Bonchev–Trinajstić information content (AvgIpc) is 3.56. The van der Waals surface area contributed by atoms with Crippen molar-refractivity contribution in [1.29, 1.82) is 0 Å². The third-order valence-corrected chi connectivity index (χ3v) is 6.81. The second-order valence-electron chi connectivity index (χ2n) is 8.90. The molecule has 2 fully saturated rings.